The van der Waals surface area contributed by atoms with Gasteiger partial charge in [-0.1, -0.05) is 29.8 Å². The summed E-state index contributed by atoms with van der Waals surface area (Å²) in [6.07, 6.45) is 2.82. The normalized spacial score (nSPS) is 10.7. The van der Waals surface area contributed by atoms with Crippen molar-refractivity contribution in [1.82, 2.24) is 10.3 Å². The maximum absolute atomic E-state index is 13.1. The number of rotatable bonds is 5. The number of carbonyl (C=O) groups excluding carboxylic acids is 2. The summed E-state index contributed by atoms with van der Waals surface area (Å²) < 4.78 is 5.47. The van der Waals surface area contributed by atoms with Crippen molar-refractivity contribution in [2.45, 2.75) is 6.92 Å². The van der Waals surface area contributed by atoms with E-state index in [1.165, 1.54) is 19.5 Å². The summed E-state index contributed by atoms with van der Waals surface area (Å²) >= 11 is 6.08. The molecule has 156 valence electrons. The van der Waals surface area contributed by atoms with E-state index in [0.717, 1.165) is 11.3 Å². The van der Waals surface area contributed by atoms with E-state index >= 15 is 0 Å². The fourth-order valence-electron chi connectivity index (χ4n) is 3.14. The lowest BCUT2D eigenvalue weighted by atomic mass is 10.1. The number of nitrogens with zero attached hydrogens (tertiary/aromatic N) is 1. The molecule has 0 radical (unpaired) electrons. The summed E-state index contributed by atoms with van der Waals surface area (Å²) in [6, 6.07) is 14.3. The lowest BCUT2D eigenvalue weighted by Gasteiger charge is -2.14. The van der Waals surface area contributed by atoms with Gasteiger partial charge in [-0.3, -0.25) is 9.59 Å². The number of aryl methyl sites for hydroxylation is 1. The Labute approximate surface area is 183 Å². The van der Waals surface area contributed by atoms with E-state index in [1.54, 1.807) is 24.3 Å². The molecule has 0 aliphatic rings. The second-order valence-electron chi connectivity index (χ2n) is 6.88. The molecule has 8 heteroatoms. The predicted molar refractivity (Wildman–Crippen MR) is 121 cm³/mol. The van der Waals surface area contributed by atoms with Crippen molar-refractivity contribution in [3.8, 4) is 0 Å². The van der Waals surface area contributed by atoms with Crippen molar-refractivity contribution in [2.75, 3.05) is 17.7 Å². The highest BCUT2D eigenvalue weighted by Gasteiger charge is 2.18. The molecule has 0 fully saturated rings. The van der Waals surface area contributed by atoms with Crippen molar-refractivity contribution in [1.29, 1.82) is 0 Å². The number of hydrogen-bond donors (Lipinski definition) is 3. The van der Waals surface area contributed by atoms with E-state index in [2.05, 4.69) is 20.9 Å². The molecular formula is C23H19ClN4O3. The number of aromatic nitrogens is 1. The Morgan fingerprint density at radius 1 is 1.03 bits per heavy atom. The lowest BCUT2D eigenvalue weighted by molar-refractivity contribution is 0.0961. The van der Waals surface area contributed by atoms with Crippen LogP contribution in [0.1, 0.15) is 26.3 Å². The molecule has 2 aromatic carbocycles. The molecule has 31 heavy (non-hydrogen) atoms. The standard InChI is InChI=1S/C23H19ClN4O3/c1-13-5-3-4-6-18(13)27-21-19(9-14(11-26-21)22(29)25-2)28-23(30)17-12-31-20-8-7-15(24)10-16(17)20/h3-12H,1-2H3,(H,25,29)(H,26,27)(H,28,30). The highest BCUT2D eigenvalue weighted by molar-refractivity contribution is 6.31. The largest absolute Gasteiger partial charge is 0.463 e. The molecule has 0 aliphatic carbocycles. The zero-order chi connectivity index (χ0) is 22.0. The topological polar surface area (TPSA) is 96.3 Å². The zero-order valence-corrected chi connectivity index (χ0v) is 17.6. The van der Waals surface area contributed by atoms with Crippen LogP contribution < -0.4 is 16.0 Å². The molecule has 2 heterocycles. The number of carbonyl (C=O) groups is 2. The van der Waals surface area contributed by atoms with E-state index in [1.807, 2.05) is 31.2 Å². The molecule has 0 saturated heterocycles. The molecule has 2 aromatic heterocycles. The van der Waals surface area contributed by atoms with Gasteiger partial charge in [0.1, 0.15) is 11.8 Å². The number of pyridine rings is 1. The molecule has 4 rings (SSSR count). The summed E-state index contributed by atoms with van der Waals surface area (Å²) in [7, 11) is 1.53. The molecule has 0 aliphatic heterocycles. The summed E-state index contributed by atoms with van der Waals surface area (Å²) in [6.45, 7) is 1.96. The first-order valence-electron chi connectivity index (χ1n) is 9.49. The van der Waals surface area contributed by atoms with Crippen LogP contribution >= 0.6 is 11.6 Å². The average molecular weight is 435 g/mol. The number of benzene rings is 2. The number of nitrogens with one attached hydrogen (secondary N) is 3. The molecule has 0 unspecified atom stereocenters. The molecule has 0 atom stereocenters. The van der Waals surface area contributed by atoms with Gasteiger partial charge in [0.05, 0.1) is 16.8 Å². The molecule has 2 amide bonds. The predicted octanol–water partition coefficient (Wildman–Crippen LogP) is 5.15. The quantitative estimate of drug-likeness (QED) is 0.404. The Kier molecular flexibility index (Phi) is 5.60. The third-order valence-corrected chi connectivity index (χ3v) is 5.04. The SMILES string of the molecule is CNC(=O)c1cnc(Nc2ccccc2C)c(NC(=O)c2coc3ccc(Cl)cc23)c1. The van der Waals surface area contributed by atoms with Gasteiger partial charge in [-0.2, -0.15) is 0 Å². The van der Waals surface area contributed by atoms with Gasteiger partial charge in [0, 0.05) is 29.3 Å². The van der Waals surface area contributed by atoms with Crippen molar-refractivity contribution in [3.63, 3.8) is 0 Å². The fraction of sp³-hybridized carbons (Fsp3) is 0.0870. The number of para-hydroxylation sites is 1. The lowest BCUT2D eigenvalue weighted by Crippen LogP contribution is -2.19. The van der Waals surface area contributed by atoms with Crippen LogP contribution in [0.25, 0.3) is 11.0 Å². The monoisotopic (exact) mass is 434 g/mol. The minimum Gasteiger partial charge on any atom is -0.463 e. The van der Waals surface area contributed by atoms with Crippen LogP contribution in [0, 0.1) is 6.92 Å². The Morgan fingerprint density at radius 3 is 2.61 bits per heavy atom. The van der Waals surface area contributed by atoms with Crippen LogP contribution in [0.4, 0.5) is 17.2 Å². The van der Waals surface area contributed by atoms with Gasteiger partial charge in [0.25, 0.3) is 11.8 Å². The average Bonchev–Trinajstić information content (AvgIpc) is 3.19. The van der Waals surface area contributed by atoms with E-state index in [-0.39, 0.29) is 5.91 Å². The van der Waals surface area contributed by atoms with E-state index < -0.39 is 5.91 Å². The summed E-state index contributed by atoms with van der Waals surface area (Å²) in [5, 5.41) is 9.70. The first-order valence-corrected chi connectivity index (χ1v) is 9.87. The van der Waals surface area contributed by atoms with Crippen LogP contribution in [-0.2, 0) is 0 Å². The number of furan rings is 1. The van der Waals surface area contributed by atoms with Gasteiger partial charge in [-0.05, 0) is 42.8 Å². The van der Waals surface area contributed by atoms with Crippen LogP contribution in [0.15, 0.2) is 65.4 Å². The van der Waals surface area contributed by atoms with Crippen molar-refractivity contribution in [2.24, 2.45) is 0 Å². The zero-order valence-electron chi connectivity index (χ0n) is 16.8. The maximum Gasteiger partial charge on any atom is 0.259 e. The Morgan fingerprint density at radius 2 is 1.84 bits per heavy atom. The first kappa shape index (κ1) is 20.4. The first-order chi connectivity index (χ1) is 15.0. The molecule has 3 N–H and O–H groups in total. The van der Waals surface area contributed by atoms with Gasteiger partial charge < -0.3 is 20.4 Å². The van der Waals surface area contributed by atoms with Gasteiger partial charge in [-0.25, -0.2) is 4.98 Å². The van der Waals surface area contributed by atoms with Crippen molar-refractivity contribution < 1.29 is 14.0 Å². The fourth-order valence-corrected chi connectivity index (χ4v) is 3.31. The third-order valence-electron chi connectivity index (χ3n) is 4.80. The Bertz CT molecular complexity index is 1300. The Balaban J connectivity index is 1.72. The Hall–Kier alpha value is -3.84. The van der Waals surface area contributed by atoms with Gasteiger partial charge >= 0.3 is 0 Å². The van der Waals surface area contributed by atoms with Crippen molar-refractivity contribution in [3.05, 3.63) is 82.7 Å². The molecule has 4 aromatic rings. The van der Waals surface area contributed by atoms with Crippen LogP contribution in [0.3, 0.4) is 0 Å². The summed E-state index contributed by atoms with van der Waals surface area (Å²) in [5.74, 6) is -0.322. The molecule has 0 spiro atoms. The van der Waals surface area contributed by atoms with Gasteiger partial charge in [0.2, 0.25) is 0 Å². The molecular weight excluding hydrogens is 416 g/mol. The third kappa shape index (κ3) is 4.22. The van der Waals surface area contributed by atoms with Gasteiger partial charge in [-0.15, -0.1) is 0 Å². The maximum atomic E-state index is 13.1. The second-order valence-corrected chi connectivity index (χ2v) is 7.32. The number of anilines is 3. The van der Waals surface area contributed by atoms with E-state index in [0.29, 0.717) is 38.6 Å². The van der Waals surface area contributed by atoms with Crippen molar-refractivity contribution >= 4 is 51.6 Å². The summed E-state index contributed by atoms with van der Waals surface area (Å²) in [5.41, 5.74) is 3.37. The highest BCUT2D eigenvalue weighted by Crippen LogP contribution is 2.29. The number of amides is 2. The molecule has 7 nitrogen and oxygen atoms in total. The van der Waals surface area contributed by atoms with Crippen LogP contribution in [-0.4, -0.2) is 23.8 Å². The smallest absolute Gasteiger partial charge is 0.259 e. The number of hydrogen-bond acceptors (Lipinski definition) is 5. The second kappa shape index (κ2) is 8.49. The molecule has 0 bridgehead atoms. The van der Waals surface area contributed by atoms with E-state index in [4.69, 9.17) is 16.0 Å². The van der Waals surface area contributed by atoms with Crippen LogP contribution in [0.5, 0.6) is 0 Å². The van der Waals surface area contributed by atoms with Crippen LogP contribution in [0.2, 0.25) is 5.02 Å². The summed E-state index contributed by atoms with van der Waals surface area (Å²) in [4.78, 5) is 29.5. The number of fused-ring (bicyclic) bond motifs is 1. The molecule has 0 saturated carbocycles. The van der Waals surface area contributed by atoms with E-state index in [9.17, 15) is 9.59 Å². The number of halogens is 1. The minimum atomic E-state index is -0.412. The minimum absolute atomic E-state index is 0.313. The highest BCUT2D eigenvalue weighted by atomic mass is 35.5. The van der Waals surface area contributed by atoms with Gasteiger partial charge in [0.15, 0.2) is 5.82 Å².